The summed E-state index contributed by atoms with van der Waals surface area (Å²) in [6.07, 6.45) is 0.212. The van der Waals surface area contributed by atoms with Crippen LogP contribution in [0.5, 0.6) is 0 Å². The summed E-state index contributed by atoms with van der Waals surface area (Å²) in [7, 11) is -2.70. The molecule has 3 aromatic rings. The molecular formula is C29H32Cl3N3O4S. The van der Waals surface area contributed by atoms with Crippen molar-refractivity contribution in [3.8, 4) is 0 Å². The van der Waals surface area contributed by atoms with E-state index in [4.69, 9.17) is 34.8 Å². The Bertz CT molecular complexity index is 1440. The van der Waals surface area contributed by atoms with Crippen molar-refractivity contribution >= 4 is 56.6 Å². The van der Waals surface area contributed by atoms with Gasteiger partial charge in [-0.05, 0) is 68.3 Å². The number of hydrogen-bond acceptors (Lipinski definition) is 4. The van der Waals surface area contributed by atoms with Crippen molar-refractivity contribution in [1.29, 1.82) is 0 Å². The molecule has 214 valence electrons. The number of nitrogens with zero attached hydrogens (tertiary/aromatic N) is 2. The molecule has 0 heterocycles. The number of carbonyl (C=O) groups is 2. The number of nitrogens with one attached hydrogen (secondary N) is 1. The Morgan fingerprint density at radius 3 is 2.08 bits per heavy atom. The van der Waals surface area contributed by atoms with Crippen molar-refractivity contribution in [2.75, 3.05) is 13.6 Å². The second-order valence-electron chi connectivity index (χ2n) is 10.4. The number of halogens is 3. The zero-order valence-electron chi connectivity index (χ0n) is 22.7. The molecule has 3 aromatic carbocycles. The number of carbonyl (C=O) groups excluding carboxylic acids is 2. The van der Waals surface area contributed by atoms with E-state index in [-0.39, 0.29) is 23.8 Å². The number of likely N-dealkylation sites (N-methyl/N-ethyl adjacent to an activating group) is 1. The molecule has 3 rings (SSSR count). The molecule has 2 amide bonds. The topological polar surface area (TPSA) is 86.8 Å². The Morgan fingerprint density at radius 1 is 0.875 bits per heavy atom. The van der Waals surface area contributed by atoms with Crippen molar-refractivity contribution in [1.82, 2.24) is 14.5 Å². The summed E-state index contributed by atoms with van der Waals surface area (Å²) in [4.78, 5) is 28.9. The average Bonchev–Trinajstić information content (AvgIpc) is 2.88. The molecule has 0 fully saturated rings. The predicted molar refractivity (Wildman–Crippen MR) is 160 cm³/mol. The van der Waals surface area contributed by atoms with E-state index in [1.54, 1.807) is 18.2 Å². The summed E-state index contributed by atoms with van der Waals surface area (Å²) in [5.41, 5.74) is 0.900. The van der Waals surface area contributed by atoms with Crippen LogP contribution in [0.2, 0.25) is 15.1 Å². The lowest BCUT2D eigenvalue weighted by atomic mass is 10.0. The van der Waals surface area contributed by atoms with Gasteiger partial charge in [0.1, 0.15) is 6.04 Å². The maximum atomic E-state index is 13.9. The van der Waals surface area contributed by atoms with Gasteiger partial charge in [-0.1, -0.05) is 71.2 Å². The van der Waals surface area contributed by atoms with Crippen LogP contribution in [0, 0.1) is 0 Å². The van der Waals surface area contributed by atoms with E-state index in [2.05, 4.69) is 5.32 Å². The molecule has 0 aliphatic heterocycles. The van der Waals surface area contributed by atoms with Crippen LogP contribution in [0.1, 0.15) is 31.9 Å². The summed E-state index contributed by atoms with van der Waals surface area (Å²) in [5, 5.41) is 4.01. The fraction of sp³-hybridized carbons (Fsp3) is 0.310. The quantitative estimate of drug-likeness (QED) is 0.308. The Kier molecular flexibility index (Phi) is 10.7. The minimum atomic E-state index is -4.02. The molecule has 40 heavy (non-hydrogen) atoms. The van der Waals surface area contributed by atoms with Crippen LogP contribution in [-0.4, -0.2) is 54.6 Å². The molecule has 0 unspecified atom stereocenters. The standard InChI is InChI=1S/C29H32Cl3N3O4S/c1-29(2,3)33-28(37)26(17-20-8-6-5-7-9-20)35(18-21-10-15-24(31)25(32)16-21)27(36)19-34(4)40(38,39)23-13-11-22(30)12-14-23/h5-16,26H,17-19H2,1-4H3,(H,33,37)/t26-/m0/s1. The number of sulfonamides is 1. The van der Waals surface area contributed by atoms with Gasteiger partial charge in [0, 0.05) is 30.6 Å². The van der Waals surface area contributed by atoms with Gasteiger partial charge >= 0.3 is 0 Å². The Labute approximate surface area is 251 Å². The van der Waals surface area contributed by atoms with E-state index in [0.717, 1.165) is 9.87 Å². The van der Waals surface area contributed by atoms with E-state index in [9.17, 15) is 18.0 Å². The first-order valence-electron chi connectivity index (χ1n) is 12.5. The van der Waals surface area contributed by atoms with E-state index >= 15 is 0 Å². The van der Waals surface area contributed by atoms with Gasteiger partial charge in [0.05, 0.1) is 21.5 Å². The summed E-state index contributed by atoms with van der Waals surface area (Å²) in [6.45, 7) is 5.05. The fourth-order valence-corrected chi connectivity index (χ4v) is 5.56. The lowest BCUT2D eigenvalue weighted by Gasteiger charge is -2.34. The highest BCUT2D eigenvalue weighted by molar-refractivity contribution is 7.89. The molecule has 11 heteroatoms. The third-order valence-electron chi connectivity index (χ3n) is 5.99. The molecule has 0 bridgehead atoms. The Morgan fingerprint density at radius 2 is 1.50 bits per heavy atom. The minimum absolute atomic E-state index is 0.000379. The monoisotopic (exact) mass is 623 g/mol. The maximum Gasteiger partial charge on any atom is 0.243 e. The third-order valence-corrected chi connectivity index (χ3v) is 8.79. The van der Waals surface area contributed by atoms with Crippen LogP contribution in [0.4, 0.5) is 0 Å². The van der Waals surface area contributed by atoms with Crippen molar-refractivity contribution in [2.45, 2.75) is 50.2 Å². The second kappa shape index (κ2) is 13.4. The molecule has 0 saturated heterocycles. The Balaban J connectivity index is 2.01. The van der Waals surface area contributed by atoms with Gasteiger partial charge < -0.3 is 10.2 Å². The van der Waals surface area contributed by atoms with Crippen LogP contribution in [0.3, 0.4) is 0 Å². The largest absolute Gasteiger partial charge is 0.350 e. The van der Waals surface area contributed by atoms with Gasteiger partial charge in [-0.25, -0.2) is 8.42 Å². The van der Waals surface area contributed by atoms with Gasteiger partial charge in [-0.3, -0.25) is 9.59 Å². The van der Waals surface area contributed by atoms with Crippen molar-refractivity contribution in [3.63, 3.8) is 0 Å². The summed E-state index contributed by atoms with van der Waals surface area (Å²) < 4.78 is 27.4. The number of rotatable bonds is 10. The predicted octanol–water partition coefficient (Wildman–Crippen LogP) is 5.82. The molecule has 0 spiro atoms. The molecule has 0 aliphatic rings. The highest BCUT2D eigenvalue weighted by Gasteiger charge is 2.34. The van der Waals surface area contributed by atoms with Crippen molar-refractivity contribution < 1.29 is 18.0 Å². The first kappa shape index (κ1) is 31.9. The maximum absolute atomic E-state index is 13.9. The highest BCUT2D eigenvalue weighted by Crippen LogP contribution is 2.25. The van der Waals surface area contributed by atoms with E-state index < -0.39 is 34.1 Å². The number of hydrogen-bond donors (Lipinski definition) is 1. The highest BCUT2D eigenvalue weighted by atomic mass is 35.5. The minimum Gasteiger partial charge on any atom is -0.350 e. The van der Waals surface area contributed by atoms with Crippen molar-refractivity contribution in [3.05, 3.63) is 99.0 Å². The molecule has 1 atom stereocenters. The first-order chi connectivity index (χ1) is 18.7. The van der Waals surface area contributed by atoms with Gasteiger partial charge in [0.15, 0.2) is 0 Å². The van der Waals surface area contributed by atoms with Crippen molar-refractivity contribution in [2.24, 2.45) is 0 Å². The Hall–Kier alpha value is -2.62. The van der Waals surface area contributed by atoms with Crippen LogP contribution in [-0.2, 0) is 32.6 Å². The number of amides is 2. The fourth-order valence-electron chi connectivity index (χ4n) is 3.99. The normalized spacial score (nSPS) is 12.7. The lowest BCUT2D eigenvalue weighted by Crippen LogP contribution is -2.56. The average molecular weight is 625 g/mol. The lowest BCUT2D eigenvalue weighted by molar-refractivity contribution is -0.141. The molecule has 1 N–H and O–H groups in total. The van der Waals surface area contributed by atoms with E-state index in [1.807, 2.05) is 51.1 Å². The molecule has 0 aliphatic carbocycles. The van der Waals surface area contributed by atoms with Crippen LogP contribution in [0.15, 0.2) is 77.7 Å². The van der Waals surface area contributed by atoms with Gasteiger partial charge in [0.2, 0.25) is 21.8 Å². The smallest absolute Gasteiger partial charge is 0.243 e. The second-order valence-corrected chi connectivity index (χ2v) is 13.7. The van der Waals surface area contributed by atoms with Crippen LogP contribution < -0.4 is 5.32 Å². The molecular weight excluding hydrogens is 593 g/mol. The van der Waals surface area contributed by atoms with Crippen LogP contribution >= 0.6 is 34.8 Å². The summed E-state index contributed by atoms with van der Waals surface area (Å²) >= 11 is 18.3. The number of benzene rings is 3. The van der Waals surface area contributed by atoms with E-state index in [0.29, 0.717) is 20.6 Å². The summed E-state index contributed by atoms with van der Waals surface area (Å²) in [6, 6.07) is 19.0. The summed E-state index contributed by atoms with van der Waals surface area (Å²) in [5.74, 6) is -0.927. The van der Waals surface area contributed by atoms with E-state index in [1.165, 1.54) is 36.2 Å². The molecule has 0 aromatic heterocycles. The molecule has 0 radical (unpaired) electrons. The van der Waals surface area contributed by atoms with Gasteiger partial charge in [-0.15, -0.1) is 0 Å². The first-order valence-corrected chi connectivity index (χ1v) is 15.1. The zero-order valence-corrected chi connectivity index (χ0v) is 25.8. The van der Waals surface area contributed by atoms with Crippen LogP contribution in [0.25, 0.3) is 0 Å². The third kappa shape index (κ3) is 8.69. The molecule has 7 nitrogen and oxygen atoms in total. The molecule has 0 saturated carbocycles. The SMILES string of the molecule is CN(CC(=O)N(Cc1ccc(Cl)c(Cl)c1)[C@@H](Cc1ccccc1)C(=O)NC(C)(C)C)S(=O)(=O)c1ccc(Cl)cc1. The van der Waals surface area contributed by atoms with Gasteiger partial charge in [0.25, 0.3) is 0 Å². The van der Waals surface area contributed by atoms with Gasteiger partial charge in [-0.2, -0.15) is 4.31 Å². The zero-order chi connectivity index (χ0) is 29.7.